The molecule has 0 atom stereocenters. The topological polar surface area (TPSA) is 41.1 Å². The van der Waals surface area contributed by atoms with Crippen LogP contribution in [0.15, 0.2) is 24.3 Å². The van der Waals surface area contributed by atoms with Crippen LogP contribution in [0.25, 0.3) is 0 Å². The number of hydrogen-bond acceptors (Lipinski definition) is 2. The first kappa shape index (κ1) is 18.8. The zero-order chi connectivity index (χ0) is 14.4. The fraction of sp³-hybridized carbons (Fsp3) is 0.533. The molecule has 0 aliphatic carbocycles. The molecule has 0 radical (unpaired) electrons. The maximum absolute atomic E-state index is 11.5. The number of carbonyl (C=O) groups excluding carboxylic acids is 1. The molecule has 0 fully saturated rings. The van der Waals surface area contributed by atoms with E-state index in [9.17, 15) is 4.79 Å². The first-order valence-corrected chi connectivity index (χ1v) is 6.84. The first-order valence-electron chi connectivity index (χ1n) is 6.84. The van der Waals surface area contributed by atoms with E-state index in [4.69, 9.17) is 0 Å². The van der Waals surface area contributed by atoms with E-state index >= 15 is 0 Å². The van der Waals surface area contributed by atoms with Gasteiger partial charge in [0.25, 0.3) is 5.91 Å². The molecule has 104 valence electrons. The fourth-order valence-corrected chi connectivity index (χ4v) is 1.13. The molecule has 0 aliphatic rings. The van der Waals surface area contributed by atoms with Crippen LogP contribution in [0.2, 0.25) is 0 Å². The van der Waals surface area contributed by atoms with Gasteiger partial charge in [-0.2, -0.15) is 0 Å². The second-order valence-electron chi connectivity index (χ2n) is 3.08. The van der Waals surface area contributed by atoms with Crippen molar-refractivity contribution in [3.8, 4) is 0 Å². The smallest absolute Gasteiger partial charge is 0.251 e. The molecule has 0 saturated heterocycles. The van der Waals surface area contributed by atoms with E-state index in [0.29, 0.717) is 5.56 Å². The predicted molar refractivity (Wildman–Crippen MR) is 81.3 cm³/mol. The number of anilines is 1. The average Bonchev–Trinajstić information content (AvgIpc) is 2.49. The van der Waals surface area contributed by atoms with Gasteiger partial charge in [0.1, 0.15) is 0 Å². The van der Waals surface area contributed by atoms with Crippen LogP contribution >= 0.6 is 0 Å². The molecule has 0 aromatic heterocycles. The van der Waals surface area contributed by atoms with E-state index in [2.05, 4.69) is 10.6 Å². The lowest BCUT2D eigenvalue weighted by Crippen LogP contribution is -2.23. The van der Waals surface area contributed by atoms with Crippen molar-refractivity contribution in [2.45, 2.75) is 41.0 Å². The van der Waals surface area contributed by atoms with Gasteiger partial charge in [-0.1, -0.05) is 34.6 Å². The number of rotatable bonds is 4. The highest BCUT2D eigenvalue weighted by atomic mass is 16.1. The van der Waals surface area contributed by atoms with E-state index < -0.39 is 0 Å². The molecular weight excluding hydrogens is 224 g/mol. The van der Waals surface area contributed by atoms with Crippen molar-refractivity contribution in [1.29, 1.82) is 0 Å². The third-order valence-electron chi connectivity index (χ3n) is 1.97. The first-order chi connectivity index (χ1) is 8.77. The molecular formula is C15H28N2O. The van der Waals surface area contributed by atoms with Gasteiger partial charge in [-0.05, 0) is 30.7 Å². The van der Waals surface area contributed by atoms with Crippen molar-refractivity contribution in [1.82, 2.24) is 5.32 Å². The zero-order valence-electron chi connectivity index (χ0n) is 12.6. The van der Waals surface area contributed by atoms with Crippen molar-refractivity contribution >= 4 is 11.6 Å². The predicted octanol–water partition coefficient (Wildman–Crippen LogP) is 3.92. The molecule has 1 aromatic rings. The summed E-state index contributed by atoms with van der Waals surface area (Å²) in [6.07, 6.45) is 0.959. The van der Waals surface area contributed by atoms with Crippen LogP contribution in [-0.2, 0) is 0 Å². The van der Waals surface area contributed by atoms with Crippen LogP contribution < -0.4 is 10.6 Å². The summed E-state index contributed by atoms with van der Waals surface area (Å²) in [6.45, 7) is 10.8. The van der Waals surface area contributed by atoms with E-state index in [0.717, 1.165) is 18.7 Å². The molecule has 1 aromatic carbocycles. The largest absolute Gasteiger partial charge is 0.388 e. The van der Waals surface area contributed by atoms with Crippen LogP contribution in [0.3, 0.4) is 0 Å². The average molecular weight is 252 g/mol. The Kier molecular flexibility index (Phi) is 14.2. The van der Waals surface area contributed by atoms with Gasteiger partial charge in [-0.25, -0.2) is 0 Å². The number of benzene rings is 1. The zero-order valence-corrected chi connectivity index (χ0v) is 12.6. The number of amides is 1. The number of nitrogens with one attached hydrogen (secondary N) is 2. The minimum absolute atomic E-state index is 0.00509. The Bertz CT molecular complexity index is 294. The highest BCUT2D eigenvalue weighted by Crippen LogP contribution is 2.08. The summed E-state index contributed by atoms with van der Waals surface area (Å²) in [5.74, 6) is -0.00509. The summed E-state index contributed by atoms with van der Waals surface area (Å²) in [6, 6.07) is 7.41. The third-order valence-corrected chi connectivity index (χ3v) is 1.97. The highest BCUT2D eigenvalue weighted by molar-refractivity contribution is 5.94. The van der Waals surface area contributed by atoms with Gasteiger partial charge < -0.3 is 10.6 Å². The molecule has 0 aliphatic heterocycles. The maximum atomic E-state index is 11.5. The number of hydrogen-bond donors (Lipinski definition) is 2. The van der Waals surface area contributed by atoms with Gasteiger partial charge in [-0.15, -0.1) is 0 Å². The molecule has 18 heavy (non-hydrogen) atoms. The van der Waals surface area contributed by atoms with Gasteiger partial charge in [0.2, 0.25) is 0 Å². The van der Waals surface area contributed by atoms with Gasteiger partial charge in [-0.3, -0.25) is 4.79 Å². The SMILES string of the molecule is CC.CC.CCCNC(=O)c1ccc(NC)cc1. The van der Waals surface area contributed by atoms with Crippen molar-refractivity contribution in [3.63, 3.8) is 0 Å². The van der Waals surface area contributed by atoms with Crippen molar-refractivity contribution in [3.05, 3.63) is 29.8 Å². The van der Waals surface area contributed by atoms with Crippen LogP contribution in [-0.4, -0.2) is 19.5 Å². The standard InChI is InChI=1S/C11H16N2O.2C2H6/c1-3-8-13-11(14)9-4-6-10(12-2)7-5-9;2*1-2/h4-7,12H,3,8H2,1-2H3,(H,13,14);2*1-2H3. The molecule has 1 rings (SSSR count). The minimum atomic E-state index is -0.00509. The Morgan fingerprint density at radius 2 is 1.56 bits per heavy atom. The monoisotopic (exact) mass is 252 g/mol. The lowest BCUT2D eigenvalue weighted by molar-refractivity contribution is 0.0953. The summed E-state index contributed by atoms with van der Waals surface area (Å²) >= 11 is 0. The molecule has 0 spiro atoms. The van der Waals surface area contributed by atoms with Gasteiger partial charge >= 0.3 is 0 Å². The third kappa shape index (κ3) is 7.71. The second kappa shape index (κ2) is 13.6. The molecule has 0 saturated carbocycles. The summed E-state index contributed by atoms with van der Waals surface area (Å²) in [5.41, 5.74) is 1.72. The lowest BCUT2D eigenvalue weighted by Gasteiger charge is -2.04. The van der Waals surface area contributed by atoms with Gasteiger partial charge in [0.15, 0.2) is 0 Å². The Balaban J connectivity index is 0. The second-order valence-corrected chi connectivity index (χ2v) is 3.08. The molecule has 1 amide bonds. The Hall–Kier alpha value is -1.51. The van der Waals surface area contributed by atoms with Crippen LogP contribution in [0.1, 0.15) is 51.4 Å². The minimum Gasteiger partial charge on any atom is -0.388 e. The van der Waals surface area contributed by atoms with E-state index in [-0.39, 0.29) is 5.91 Å². The van der Waals surface area contributed by atoms with Gasteiger partial charge in [0, 0.05) is 24.8 Å². The molecule has 0 heterocycles. The Labute approximate surface area is 112 Å². The van der Waals surface area contributed by atoms with E-state index in [1.165, 1.54) is 0 Å². The fourth-order valence-electron chi connectivity index (χ4n) is 1.13. The summed E-state index contributed by atoms with van der Waals surface area (Å²) in [4.78, 5) is 11.5. The Morgan fingerprint density at radius 3 is 1.94 bits per heavy atom. The molecule has 3 heteroatoms. The number of carbonyl (C=O) groups is 1. The van der Waals surface area contributed by atoms with Crippen molar-refractivity contribution in [2.75, 3.05) is 18.9 Å². The van der Waals surface area contributed by atoms with Crippen LogP contribution in [0.5, 0.6) is 0 Å². The van der Waals surface area contributed by atoms with E-state index in [1.54, 1.807) is 0 Å². The molecule has 0 unspecified atom stereocenters. The van der Waals surface area contributed by atoms with Crippen LogP contribution in [0.4, 0.5) is 5.69 Å². The summed E-state index contributed by atoms with van der Waals surface area (Å²) < 4.78 is 0. The highest BCUT2D eigenvalue weighted by Gasteiger charge is 2.02. The quantitative estimate of drug-likeness (QED) is 0.852. The van der Waals surface area contributed by atoms with Crippen LogP contribution in [0, 0.1) is 0 Å². The van der Waals surface area contributed by atoms with Gasteiger partial charge in [0.05, 0.1) is 0 Å². The molecule has 2 N–H and O–H groups in total. The summed E-state index contributed by atoms with van der Waals surface area (Å²) in [5, 5.41) is 5.83. The molecule has 0 bridgehead atoms. The normalized spacial score (nSPS) is 8.11. The van der Waals surface area contributed by atoms with Crippen molar-refractivity contribution < 1.29 is 4.79 Å². The maximum Gasteiger partial charge on any atom is 0.251 e. The Morgan fingerprint density at radius 1 is 1.06 bits per heavy atom. The molecule has 3 nitrogen and oxygen atoms in total. The van der Waals surface area contributed by atoms with Crippen molar-refractivity contribution in [2.24, 2.45) is 0 Å². The summed E-state index contributed by atoms with van der Waals surface area (Å²) in [7, 11) is 1.85. The lowest BCUT2D eigenvalue weighted by atomic mass is 10.2. The van der Waals surface area contributed by atoms with E-state index in [1.807, 2.05) is 65.9 Å².